The third kappa shape index (κ3) is 4.41. The summed E-state index contributed by atoms with van der Waals surface area (Å²) in [4.78, 5) is 0.483. The van der Waals surface area contributed by atoms with Crippen LogP contribution >= 0.6 is 15.9 Å². The summed E-state index contributed by atoms with van der Waals surface area (Å²) in [5.74, 6) is 0. The van der Waals surface area contributed by atoms with E-state index < -0.39 is 0 Å². The number of rotatable bonds is 5. The van der Waals surface area contributed by atoms with Gasteiger partial charge in [-0.1, -0.05) is 36.7 Å². The van der Waals surface area contributed by atoms with Crippen LogP contribution in [0, 0.1) is 5.41 Å². The summed E-state index contributed by atoms with van der Waals surface area (Å²) in [6.07, 6.45) is 2.75. The number of alkyl halides is 1. The van der Waals surface area contributed by atoms with Crippen molar-refractivity contribution in [1.82, 2.24) is 0 Å². The van der Waals surface area contributed by atoms with Gasteiger partial charge in [0.2, 0.25) is 0 Å². The smallest absolute Gasteiger partial charge is 0.0962 e. The molecule has 1 rings (SSSR count). The highest BCUT2D eigenvalue weighted by atomic mass is 79.9. The molecule has 2 nitrogen and oxygen atoms in total. The summed E-state index contributed by atoms with van der Waals surface area (Å²) in [6, 6.07) is 0. The van der Waals surface area contributed by atoms with Crippen LogP contribution in [0.5, 0.6) is 0 Å². The largest absolute Gasteiger partial charge is 0.375 e. The lowest BCUT2D eigenvalue weighted by atomic mass is 9.90. The van der Waals surface area contributed by atoms with Crippen LogP contribution in [0.4, 0.5) is 0 Å². The van der Waals surface area contributed by atoms with Crippen LogP contribution in [0.2, 0.25) is 0 Å². The number of halogens is 1. The van der Waals surface area contributed by atoms with Gasteiger partial charge in [-0.3, -0.25) is 0 Å². The molecule has 0 heterocycles. The van der Waals surface area contributed by atoms with Crippen molar-refractivity contribution in [3.05, 3.63) is 0 Å². The Bertz CT molecular complexity index is 189. The van der Waals surface area contributed by atoms with Gasteiger partial charge < -0.3 is 9.47 Å². The van der Waals surface area contributed by atoms with Crippen molar-refractivity contribution in [3.8, 4) is 0 Å². The number of ether oxygens (including phenoxy) is 2. The van der Waals surface area contributed by atoms with E-state index in [9.17, 15) is 0 Å². The molecule has 0 aromatic carbocycles. The first-order valence-electron chi connectivity index (χ1n) is 5.81. The molecular formula is C12H23BrO2. The highest BCUT2D eigenvalue weighted by Crippen LogP contribution is 2.33. The zero-order valence-corrected chi connectivity index (χ0v) is 11.8. The Hall–Kier alpha value is 0.400. The third-order valence-electron chi connectivity index (χ3n) is 2.72. The lowest BCUT2D eigenvalue weighted by molar-refractivity contribution is -0.121. The van der Waals surface area contributed by atoms with Crippen LogP contribution in [0.1, 0.15) is 40.5 Å². The van der Waals surface area contributed by atoms with Crippen LogP contribution in [0.15, 0.2) is 0 Å². The molecule has 0 saturated heterocycles. The van der Waals surface area contributed by atoms with E-state index >= 15 is 0 Å². The molecule has 0 aliphatic heterocycles. The quantitative estimate of drug-likeness (QED) is 0.718. The third-order valence-corrected chi connectivity index (χ3v) is 3.62. The highest BCUT2D eigenvalue weighted by Gasteiger charge is 2.41. The fourth-order valence-electron chi connectivity index (χ4n) is 1.61. The Morgan fingerprint density at radius 2 is 1.93 bits per heavy atom. The van der Waals surface area contributed by atoms with Crippen molar-refractivity contribution in [1.29, 1.82) is 0 Å². The van der Waals surface area contributed by atoms with Gasteiger partial charge in [-0.05, 0) is 25.2 Å². The Morgan fingerprint density at radius 1 is 1.27 bits per heavy atom. The molecular weight excluding hydrogens is 256 g/mol. The summed E-state index contributed by atoms with van der Waals surface area (Å²) in [5.41, 5.74) is 0.360. The van der Waals surface area contributed by atoms with Gasteiger partial charge in [0.05, 0.1) is 12.2 Å². The van der Waals surface area contributed by atoms with Gasteiger partial charge in [0.1, 0.15) is 0 Å². The SMILES string of the molecule is CCOC1C(Br)CC1OCCC(C)(C)C. The van der Waals surface area contributed by atoms with Crippen molar-refractivity contribution in [2.45, 2.75) is 57.6 Å². The van der Waals surface area contributed by atoms with E-state index in [0.29, 0.717) is 16.3 Å². The second-order valence-corrected chi connectivity index (χ2v) is 6.57. The standard InChI is InChI=1S/C12H23BrO2/c1-5-14-11-9(13)8-10(11)15-7-6-12(2,3)4/h9-11H,5-8H2,1-4H3. The maximum Gasteiger partial charge on any atom is 0.0962 e. The molecule has 0 aromatic rings. The summed E-state index contributed by atoms with van der Waals surface area (Å²) < 4.78 is 11.4. The zero-order valence-electron chi connectivity index (χ0n) is 10.3. The van der Waals surface area contributed by atoms with E-state index in [1.807, 2.05) is 6.92 Å². The van der Waals surface area contributed by atoms with Gasteiger partial charge in [-0.25, -0.2) is 0 Å². The minimum Gasteiger partial charge on any atom is -0.375 e. The first-order chi connectivity index (χ1) is 6.94. The van der Waals surface area contributed by atoms with E-state index in [2.05, 4.69) is 36.7 Å². The van der Waals surface area contributed by atoms with Crippen LogP contribution in [-0.2, 0) is 9.47 Å². The fourth-order valence-corrected chi connectivity index (χ4v) is 2.47. The van der Waals surface area contributed by atoms with Gasteiger partial charge in [-0.15, -0.1) is 0 Å². The van der Waals surface area contributed by atoms with Crippen LogP contribution in [0.25, 0.3) is 0 Å². The molecule has 3 heteroatoms. The number of hydrogen-bond acceptors (Lipinski definition) is 2. The predicted octanol–water partition coefficient (Wildman–Crippen LogP) is 3.38. The van der Waals surface area contributed by atoms with E-state index in [4.69, 9.17) is 9.47 Å². The molecule has 0 amide bonds. The first kappa shape index (κ1) is 13.5. The lowest BCUT2D eigenvalue weighted by Gasteiger charge is -2.41. The molecule has 15 heavy (non-hydrogen) atoms. The molecule has 1 saturated carbocycles. The Labute approximate surface area is 102 Å². The van der Waals surface area contributed by atoms with E-state index in [-0.39, 0.29) is 6.10 Å². The maximum absolute atomic E-state index is 5.83. The van der Waals surface area contributed by atoms with Gasteiger partial charge in [0.15, 0.2) is 0 Å². The lowest BCUT2D eigenvalue weighted by Crippen LogP contribution is -2.50. The fraction of sp³-hybridized carbons (Fsp3) is 1.00. The molecule has 90 valence electrons. The zero-order chi connectivity index (χ0) is 11.5. The number of hydrogen-bond donors (Lipinski definition) is 0. The van der Waals surface area contributed by atoms with Gasteiger partial charge >= 0.3 is 0 Å². The molecule has 0 aromatic heterocycles. The van der Waals surface area contributed by atoms with E-state index in [0.717, 1.165) is 26.1 Å². The van der Waals surface area contributed by atoms with Crippen molar-refractivity contribution in [2.24, 2.45) is 5.41 Å². The molecule has 1 aliphatic rings. The average molecular weight is 279 g/mol. The molecule has 0 bridgehead atoms. The predicted molar refractivity (Wildman–Crippen MR) is 66.6 cm³/mol. The van der Waals surface area contributed by atoms with Crippen molar-refractivity contribution >= 4 is 15.9 Å². The normalized spacial score (nSPS) is 31.4. The van der Waals surface area contributed by atoms with Crippen molar-refractivity contribution < 1.29 is 9.47 Å². The first-order valence-corrected chi connectivity index (χ1v) is 6.73. The van der Waals surface area contributed by atoms with E-state index in [1.54, 1.807) is 0 Å². The Morgan fingerprint density at radius 3 is 2.40 bits per heavy atom. The second-order valence-electron chi connectivity index (χ2n) is 5.39. The molecule has 1 fully saturated rings. The summed E-state index contributed by atoms with van der Waals surface area (Å²) in [5, 5.41) is 0. The average Bonchev–Trinajstić information content (AvgIpc) is 2.11. The molecule has 0 N–H and O–H groups in total. The molecule has 3 atom stereocenters. The van der Waals surface area contributed by atoms with Crippen molar-refractivity contribution in [2.75, 3.05) is 13.2 Å². The minimum atomic E-state index is 0.259. The Balaban J connectivity index is 2.17. The van der Waals surface area contributed by atoms with Gasteiger partial charge in [0.25, 0.3) is 0 Å². The molecule has 1 aliphatic carbocycles. The summed E-state index contributed by atoms with van der Waals surface area (Å²) in [7, 11) is 0. The van der Waals surface area contributed by atoms with Crippen LogP contribution < -0.4 is 0 Å². The van der Waals surface area contributed by atoms with Crippen LogP contribution in [0.3, 0.4) is 0 Å². The van der Waals surface area contributed by atoms with Gasteiger partial charge in [0, 0.05) is 18.0 Å². The Kier molecular flexibility index (Phi) is 5.07. The molecule has 0 spiro atoms. The monoisotopic (exact) mass is 278 g/mol. The summed E-state index contributed by atoms with van der Waals surface area (Å²) >= 11 is 3.59. The molecule has 3 unspecified atom stereocenters. The van der Waals surface area contributed by atoms with Crippen molar-refractivity contribution in [3.63, 3.8) is 0 Å². The highest BCUT2D eigenvalue weighted by molar-refractivity contribution is 9.09. The minimum absolute atomic E-state index is 0.259. The molecule has 0 radical (unpaired) electrons. The van der Waals surface area contributed by atoms with E-state index in [1.165, 1.54) is 0 Å². The van der Waals surface area contributed by atoms with Gasteiger partial charge in [-0.2, -0.15) is 0 Å². The van der Waals surface area contributed by atoms with Crippen LogP contribution in [-0.4, -0.2) is 30.2 Å². The summed E-state index contributed by atoms with van der Waals surface area (Å²) in [6.45, 7) is 10.4. The maximum atomic E-state index is 5.83. The second kappa shape index (κ2) is 5.65. The topological polar surface area (TPSA) is 18.5 Å².